The summed E-state index contributed by atoms with van der Waals surface area (Å²) in [6.45, 7) is 1.18. The summed E-state index contributed by atoms with van der Waals surface area (Å²) >= 11 is 5.81. The van der Waals surface area contributed by atoms with Gasteiger partial charge in [-0.3, -0.25) is 4.79 Å². The summed E-state index contributed by atoms with van der Waals surface area (Å²) in [6.07, 6.45) is 5.44. The van der Waals surface area contributed by atoms with Gasteiger partial charge in [-0.2, -0.15) is 0 Å². The number of hydrogen-bond acceptors (Lipinski definition) is 3. The summed E-state index contributed by atoms with van der Waals surface area (Å²) in [5, 5.41) is 12.4. The molecule has 3 rings (SSSR count). The van der Waals surface area contributed by atoms with Crippen LogP contribution in [0.25, 0.3) is 0 Å². The van der Waals surface area contributed by atoms with Crippen LogP contribution in [0.2, 0.25) is 5.02 Å². The van der Waals surface area contributed by atoms with Crippen molar-refractivity contribution >= 4 is 17.5 Å². The van der Waals surface area contributed by atoms with Crippen LogP contribution in [0.3, 0.4) is 0 Å². The number of rotatable bonds is 5. The zero-order chi connectivity index (χ0) is 16.9. The number of phenolic OH excluding ortho intramolecular Hbond substituents is 1. The third kappa shape index (κ3) is 3.94. The first-order valence-electron chi connectivity index (χ1n) is 7.42. The van der Waals surface area contributed by atoms with Gasteiger partial charge in [-0.05, 0) is 29.3 Å². The number of hydrogen-bond donors (Lipinski definition) is 2. The number of aromatic hydroxyl groups is 1. The van der Waals surface area contributed by atoms with E-state index >= 15 is 0 Å². The van der Waals surface area contributed by atoms with Crippen LogP contribution in [-0.4, -0.2) is 20.6 Å². The van der Waals surface area contributed by atoms with Gasteiger partial charge in [0.05, 0.1) is 11.3 Å². The molecule has 3 aromatic rings. The van der Waals surface area contributed by atoms with E-state index in [4.69, 9.17) is 11.6 Å². The maximum absolute atomic E-state index is 12.1. The molecule has 1 amide bonds. The Morgan fingerprint density at radius 3 is 2.58 bits per heavy atom. The van der Waals surface area contributed by atoms with E-state index in [1.54, 1.807) is 12.5 Å². The van der Waals surface area contributed by atoms with Gasteiger partial charge < -0.3 is 15.0 Å². The number of carbonyl (C=O) groups excluding carboxylic acids is 1. The topological polar surface area (TPSA) is 67.2 Å². The monoisotopic (exact) mass is 341 g/mol. The molecule has 24 heavy (non-hydrogen) atoms. The summed E-state index contributed by atoms with van der Waals surface area (Å²) in [7, 11) is 0. The summed E-state index contributed by atoms with van der Waals surface area (Å²) in [6, 6.07) is 12.4. The normalized spacial score (nSPS) is 10.5. The third-order valence-electron chi connectivity index (χ3n) is 3.61. The second kappa shape index (κ2) is 7.19. The van der Waals surface area contributed by atoms with Crippen molar-refractivity contribution in [2.24, 2.45) is 0 Å². The molecule has 1 aromatic heterocycles. The molecule has 0 radical (unpaired) electrons. The molecule has 0 atom stereocenters. The molecule has 1 heterocycles. The average Bonchev–Trinajstić information content (AvgIpc) is 3.09. The minimum absolute atomic E-state index is 0.0401. The second-order valence-corrected chi connectivity index (χ2v) is 5.81. The van der Waals surface area contributed by atoms with Crippen LogP contribution < -0.4 is 5.32 Å². The van der Waals surface area contributed by atoms with Crippen molar-refractivity contribution in [2.45, 2.75) is 13.1 Å². The van der Waals surface area contributed by atoms with Gasteiger partial charge in [0.25, 0.3) is 5.91 Å². The van der Waals surface area contributed by atoms with E-state index in [-0.39, 0.29) is 16.7 Å². The highest BCUT2D eigenvalue weighted by Gasteiger charge is 2.08. The molecule has 6 heteroatoms. The Balaban J connectivity index is 1.58. The Labute approximate surface area is 144 Å². The van der Waals surface area contributed by atoms with Gasteiger partial charge in [0.2, 0.25) is 0 Å². The zero-order valence-electron chi connectivity index (χ0n) is 12.8. The number of amides is 1. The highest BCUT2D eigenvalue weighted by molar-refractivity contribution is 6.32. The molecule has 122 valence electrons. The van der Waals surface area contributed by atoms with Gasteiger partial charge in [-0.25, -0.2) is 4.98 Å². The Morgan fingerprint density at radius 1 is 1.17 bits per heavy atom. The van der Waals surface area contributed by atoms with Gasteiger partial charge in [0.15, 0.2) is 0 Å². The molecule has 2 N–H and O–H groups in total. The van der Waals surface area contributed by atoms with Crippen LogP contribution in [0.5, 0.6) is 5.75 Å². The SMILES string of the molecule is O=C(NCc1ccc(Cn2ccnc2)cc1)c1ccc(O)c(Cl)c1. The predicted octanol–water partition coefficient (Wildman–Crippen LogP) is 3.22. The highest BCUT2D eigenvalue weighted by Crippen LogP contribution is 2.23. The fourth-order valence-electron chi connectivity index (χ4n) is 2.29. The van der Waals surface area contributed by atoms with Crippen molar-refractivity contribution in [1.29, 1.82) is 0 Å². The maximum atomic E-state index is 12.1. The minimum atomic E-state index is -0.237. The molecule has 5 nitrogen and oxygen atoms in total. The summed E-state index contributed by atoms with van der Waals surface area (Å²) < 4.78 is 1.99. The molecule has 0 aliphatic heterocycles. The third-order valence-corrected chi connectivity index (χ3v) is 3.91. The molecule has 0 saturated heterocycles. The maximum Gasteiger partial charge on any atom is 0.251 e. The van der Waals surface area contributed by atoms with Crippen molar-refractivity contribution in [2.75, 3.05) is 0 Å². The standard InChI is InChI=1S/C18H16ClN3O2/c19-16-9-15(5-6-17(16)23)18(24)21-10-13-1-3-14(4-2-13)11-22-8-7-20-12-22/h1-9,12,23H,10-11H2,(H,21,24). The molecule has 0 aliphatic rings. The molecular formula is C18H16ClN3O2. The van der Waals surface area contributed by atoms with Gasteiger partial charge in [0.1, 0.15) is 5.75 Å². The quantitative estimate of drug-likeness (QED) is 0.748. The van der Waals surface area contributed by atoms with Crippen molar-refractivity contribution < 1.29 is 9.90 Å². The molecule has 0 unspecified atom stereocenters. The van der Waals surface area contributed by atoms with E-state index in [2.05, 4.69) is 10.3 Å². The molecule has 0 bridgehead atoms. The van der Waals surface area contributed by atoms with Crippen molar-refractivity contribution in [3.8, 4) is 5.75 Å². The molecule has 2 aromatic carbocycles. The van der Waals surface area contributed by atoms with Crippen molar-refractivity contribution in [1.82, 2.24) is 14.9 Å². The first-order chi connectivity index (χ1) is 11.6. The fourth-order valence-corrected chi connectivity index (χ4v) is 2.47. The summed E-state index contributed by atoms with van der Waals surface area (Å²) in [5.74, 6) is -0.277. The number of carbonyl (C=O) groups is 1. The number of imidazole rings is 1. The highest BCUT2D eigenvalue weighted by atomic mass is 35.5. The first kappa shape index (κ1) is 16.1. The number of nitrogens with one attached hydrogen (secondary N) is 1. The van der Waals surface area contributed by atoms with Crippen LogP contribution in [0.15, 0.2) is 61.2 Å². The van der Waals surface area contributed by atoms with Crippen LogP contribution in [0, 0.1) is 0 Å². The smallest absolute Gasteiger partial charge is 0.251 e. The van der Waals surface area contributed by atoms with Crippen LogP contribution in [0.1, 0.15) is 21.5 Å². The fraction of sp³-hybridized carbons (Fsp3) is 0.111. The number of halogens is 1. The van der Waals surface area contributed by atoms with E-state index < -0.39 is 0 Å². The Bertz CT molecular complexity index is 830. The second-order valence-electron chi connectivity index (χ2n) is 5.40. The Kier molecular flexibility index (Phi) is 4.82. The molecule has 0 fully saturated rings. The van der Waals surface area contributed by atoms with Crippen LogP contribution in [0.4, 0.5) is 0 Å². The lowest BCUT2D eigenvalue weighted by atomic mass is 10.1. The Hall–Kier alpha value is -2.79. The lowest BCUT2D eigenvalue weighted by Crippen LogP contribution is -2.22. The number of nitrogens with zero attached hydrogens (tertiary/aromatic N) is 2. The first-order valence-corrected chi connectivity index (χ1v) is 7.80. The lowest BCUT2D eigenvalue weighted by Gasteiger charge is -2.08. The Morgan fingerprint density at radius 2 is 1.92 bits per heavy atom. The van der Waals surface area contributed by atoms with Gasteiger partial charge in [0, 0.05) is 31.0 Å². The van der Waals surface area contributed by atoms with Crippen molar-refractivity contribution in [3.63, 3.8) is 0 Å². The van der Waals surface area contributed by atoms with Gasteiger partial charge in [-0.15, -0.1) is 0 Å². The number of aromatic nitrogens is 2. The van der Waals surface area contributed by atoms with Gasteiger partial charge in [-0.1, -0.05) is 35.9 Å². The van der Waals surface area contributed by atoms with E-state index in [9.17, 15) is 9.90 Å². The molecule has 0 spiro atoms. The van der Waals surface area contributed by atoms with Crippen LogP contribution in [-0.2, 0) is 13.1 Å². The largest absolute Gasteiger partial charge is 0.506 e. The molecular weight excluding hydrogens is 326 g/mol. The minimum Gasteiger partial charge on any atom is -0.506 e. The number of phenols is 1. The van der Waals surface area contributed by atoms with E-state index in [0.717, 1.165) is 17.7 Å². The summed E-state index contributed by atoms with van der Waals surface area (Å²) in [5.41, 5.74) is 2.57. The number of benzene rings is 2. The average molecular weight is 342 g/mol. The van der Waals surface area contributed by atoms with Crippen LogP contribution >= 0.6 is 11.6 Å². The zero-order valence-corrected chi connectivity index (χ0v) is 13.6. The van der Waals surface area contributed by atoms with E-state index in [1.807, 2.05) is 35.0 Å². The van der Waals surface area contributed by atoms with E-state index in [1.165, 1.54) is 18.2 Å². The van der Waals surface area contributed by atoms with E-state index in [0.29, 0.717) is 12.1 Å². The molecule has 0 aliphatic carbocycles. The van der Waals surface area contributed by atoms with Crippen molar-refractivity contribution in [3.05, 3.63) is 82.9 Å². The predicted molar refractivity (Wildman–Crippen MR) is 92.1 cm³/mol. The lowest BCUT2D eigenvalue weighted by molar-refractivity contribution is 0.0951. The van der Waals surface area contributed by atoms with Gasteiger partial charge >= 0.3 is 0 Å². The summed E-state index contributed by atoms with van der Waals surface area (Å²) in [4.78, 5) is 16.1. The molecule has 0 saturated carbocycles.